The second-order valence-corrected chi connectivity index (χ2v) is 4.89. The maximum absolute atomic E-state index is 13.3. The van der Waals surface area contributed by atoms with Gasteiger partial charge in [-0.2, -0.15) is 0 Å². The van der Waals surface area contributed by atoms with Crippen molar-refractivity contribution in [3.63, 3.8) is 0 Å². The van der Waals surface area contributed by atoms with E-state index >= 15 is 0 Å². The Kier molecular flexibility index (Phi) is 2.03. The second kappa shape index (κ2) is 3.31. The average Bonchev–Trinajstić information content (AvgIpc) is 3.03. The van der Waals surface area contributed by atoms with E-state index in [0.29, 0.717) is 5.92 Å². The quantitative estimate of drug-likeness (QED) is 0.657. The van der Waals surface area contributed by atoms with E-state index < -0.39 is 0 Å². The number of halogens is 1. The summed E-state index contributed by atoms with van der Waals surface area (Å²) in [6.07, 6.45) is 2.58. The largest absolute Gasteiger partial charge is 0.207 e. The Balaban J connectivity index is 2.39. The molecule has 1 fully saturated rings. The van der Waals surface area contributed by atoms with E-state index in [1.54, 1.807) is 12.1 Å². The monoisotopic (exact) mass is 214 g/mol. The van der Waals surface area contributed by atoms with Gasteiger partial charge >= 0.3 is 0 Å². The fourth-order valence-electron chi connectivity index (χ4n) is 2.68. The molecule has 0 aromatic heterocycles. The zero-order valence-electron chi connectivity index (χ0n) is 9.68. The predicted molar refractivity (Wildman–Crippen MR) is 65.4 cm³/mol. The molecule has 2 aromatic rings. The number of hydrogen-bond donors (Lipinski definition) is 0. The van der Waals surface area contributed by atoms with Crippen molar-refractivity contribution in [3.8, 4) is 0 Å². The van der Waals surface area contributed by atoms with Crippen LogP contribution < -0.4 is 0 Å². The van der Waals surface area contributed by atoms with Crippen molar-refractivity contribution in [1.82, 2.24) is 0 Å². The highest BCUT2D eigenvalue weighted by Gasteiger charge is 2.27. The van der Waals surface area contributed by atoms with E-state index in [-0.39, 0.29) is 5.82 Å². The Morgan fingerprint density at radius 1 is 1.00 bits per heavy atom. The van der Waals surface area contributed by atoms with Crippen LogP contribution in [0.5, 0.6) is 0 Å². The fraction of sp³-hybridized carbons (Fsp3) is 0.333. The summed E-state index contributed by atoms with van der Waals surface area (Å²) in [6, 6.07) is 7.37. The minimum absolute atomic E-state index is 0.138. The van der Waals surface area contributed by atoms with Crippen LogP contribution in [0.15, 0.2) is 24.3 Å². The number of benzene rings is 2. The van der Waals surface area contributed by atoms with Crippen LogP contribution in [0.25, 0.3) is 10.8 Å². The molecule has 0 nitrogen and oxygen atoms in total. The molecule has 0 heterocycles. The zero-order valence-corrected chi connectivity index (χ0v) is 9.68. The summed E-state index contributed by atoms with van der Waals surface area (Å²) in [4.78, 5) is 0. The van der Waals surface area contributed by atoms with E-state index in [4.69, 9.17) is 0 Å². The SMILES string of the molecule is Cc1cc(C)c2cc(F)ccc2c1C1CC1. The Morgan fingerprint density at radius 3 is 2.44 bits per heavy atom. The number of rotatable bonds is 1. The van der Waals surface area contributed by atoms with Crippen molar-refractivity contribution in [3.05, 3.63) is 46.8 Å². The molecule has 0 radical (unpaired) electrons. The van der Waals surface area contributed by atoms with Gasteiger partial charge in [0, 0.05) is 0 Å². The molecule has 1 saturated carbocycles. The Morgan fingerprint density at radius 2 is 1.75 bits per heavy atom. The molecule has 0 amide bonds. The summed E-state index contributed by atoms with van der Waals surface area (Å²) in [5.41, 5.74) is 3.98. The van der Waals surface area contributed by atoms with E-state index in [2.05, 4.69) is 19.9 Å². The molecule has 2 aromatic carbocycles. The molecule has 1 heteroatoms. The Bertz CT molecular complexity index is 565. The van der Waals surface area contributed by atoms with E-state index in [1.807, 2.05) is 6.07 Å². The molecule has 0 saturated heterocycles. The van der Waals surface area contributed by atoms with Crippen LogP contribution in [0.2, 0.25) is 0 Å². The van der Waals surface area contributed by atoms with Gasteiger partial charge in [0.15, 0.2) is 0 Å². The van der Waals surface area contributed by atoms with Crippen molar-refractivity contribution < 1.29 is 4.39 Å². The molecule has 0 unspecified atom stereocenters. The number of aryl methyl sites for hydroxylation is 2. The number of fused-ring (bicyclic) bond motifs is 1. The van der Waals surface area contributed by atoms with Gasteiger partial charge in [-0.3, -0.25) is 0 Å². The molecule has 0 spiro atoms. The summed E-state index contributed by atoms with van der Waals surface area (Å²) in [5.74, 6) is 0.578. The lowest BCUT2D eigenvalue weighted by molar-refractivity contribution is 0.629. The molecule has 0 bridgehead atoms. The smallest absolute Gasteiger partial charge is 0.123 e. The summed E-state index contributed by atoms with van der Waals surface area (Å²) in [5, 5.41) is 2.33. The Hall–Kier alpha value is -1.37. The van der Waals surface area contributed by atoms with Crippen molar-refractivity contribution in [1.29, 1.82) is 0 Å². The molecule has 1 aliphatic carbocycles. The van der Waals surface area contributed by atoms with Gasteiger partial charge < -0.3 is 0 Å². The third-order valence-electron chi connectivity index (χ3n) is 3.54. The summed E-state index contributed by atoms with van der Waals surface area (Å²) < 4.78 is 13.3. The van der Waals surface area contributed by atoms with Gasteiger partial charge in [-0.25, -0.2) is 4.39 Å². The summed E-state index contributed by atoms with van der Waals surface area (Å²) >= 11 is 0. The minimum atomic E-state index is -0.138. The zero-order chi connectivity index (χ0) is 11.3. The lowest BCUT2D eigenvalue weighted by Crippen LogP contribution is -1.92. The van der Waals surface area contributed by atoms with Crippen molar-refractivity contribution >= 4 is 10.8 Å². The summed E-state index contributed by atoms with van der Waals surface area (Å²) in [6.45, 7) is 4.23. The molecule has 0 atom stereocenters. The number of hydrogen-bond acceptors (Lipinski definition) is 0. The predicted octanol–water partition coefficient (Wildman–Crippen LogP) is 4.47. The van der Waals surface area contributed by atoms with Crippen LogP contribution in [0.3, 0.4) is 0 Å². The first-order valence-corrected chi connectivity index (χ1v) is 5.86. The normalized spacial score (nSPS) is 15.7. The highest BCUT2D eigenvalue weighted by Crippen LogP contribution is 2.45. The first-order valence-electron chi connectivity index (χ1n) is 5.86. The van der Waals surface area contributed by atoms with Gasteiger partial charge in [0.2, 0.25) is 0 Å². The van der Waals surface area contributed by atoms with Crippen molar-refractivity contribution in [2.45, 2.75) is 32.6 Å². The van der Waals surface area contributed by atoms with Gasteiger partial charge in [-0.15, -0.1) is 0 Å². The average molecular weight is 214 g/mol. The molecule has 16 heavy (non-hydrogen) atoms. The van der Waals surface area contributed by atoms with Crippen LogP contribution in [-0.4, -0.2) is 0 Å². The molecule has 1 aliphatic rings. The van der Waals surface area contributed by atoms with Gasteiger partial charge in [0.1, 0.15) is 5.82 Å². The first kappa shape index (κ1) is 9.83. The Labute approximate surface area is 95.1 Å². The third kappa shape index (κ3) is 1.42. The van der Waals surface area contributed by atoms with Crippen LogP contribution in [0.1, 0.15) is 35.4 Å². The van der Waals surface area contributed by atoms with E-state index in [0.717, 1.165) is 5.39 Å². The molecule has 0 aliphatic heterocycles. The minimum Gasteiger partial charge on any atom is -0.207 e. The topological polar surface area (TPSA) is 0 Å². The fourth-order valence-corrected chi connectivity index (χ4v) is 2.68. The standard InChI is InChI=1S/C15H15F/c1-9-7-10(2)15(11-3-4-11)13-6-5-12(16)8-14(9)13/h5-8,11H,3-4H2,1-2H3. The van der Waals surface area contributed by atoms with Crippen molar-refractivity contribution in [2.75, 3.05) is 0 Å². The van der Waals surface area contributed by atoms with Gasteiger partial charge in [0.25, 0.3) is 0 Å². The molecule has 3 rings (SSSR count). The third-order valence-corrected chi connectivity index (χ3v) is 3.54. The molecule has 82 valence electrons. The van der Waals surface area contributed by atoms with Crippen LogP contribution in [0.4, 0.5) is 4.39 Å². The van der Waals surface area contributed by atoms with Crippen LogP contribution >= 0.6 is 0 Å². The second-order valence-electron chi connectivity index (χ2n) is 4.89. The highest BCUT2D eigenvalue weighted by atomic mass is 19.1. The van der Waals surface area contributed by atoms with Gasteiger partial charge in [0.05, 0.1) is 0 Å². The molecular weight excluding hydrogens is 199 g/mol. The maximum atomic E-state index is 13.3. The lowest BCUT2D eigenvalue weighted by atomic mass is 9.93. The molecular formula is C15H15F. The van der Waals surface area contributed by atoms with E-state index in [9.17, 15) is 4.39 Å². The lowest BCUT2D eigenvalue weighted by Gasteiger charge is -2.12. The van der Waals surface area contributed by atoms with Gasteiger partial charge in [-0.05, 0) is 72.2 Å². The molecule has 0 N–H and O–H groups in total. The summed E-state index contributed by atoms with van der Waals surface area (Å²) in [7, 11) is 0. The van der Waals surface area contributed by atoms with E-state index in [1.165, 1.54) is 34.9 Å². The maximum Gasteiger partial charge on any atom is 0.123 e. The van der Waals surface area contributed by atoms with Crippen LogP contribution in [-0.2, 0) is 0 Å². The van der Waals surface area contributed by atoms with Gasteiger partial charge in [-0.1, -0.05) is 12.1 Å². The first-order chi connectivity index (χ1) is 7.66. The van der Waals surface area contributed by atoms with Crippen LogP contribution in [0, 0.1) is 19.7 Å². The van der Waals surface area contributed by atoms with Crippen molar-refractivity contribution in [2.24, 2.45) is 0 Å². The highest BCUT2D eigenvalue weighted by molar-refractivity contribution is 5.90.